The highest BCUT2D eigenvalue weighted by Crippen LogP contribution is 2.38. The van der Waals surface area contributed by atoms with E-state index in [1.54, 1.807) is 0 Å². The Morgan fingerprint density at radius 2 is 2.00 bits per heavy atom. The number of nitrogens with one attached hydrogen (secondary N) is 2. The van der Waals surface area contributed by atoms with Crippen molar-refractivity contribution in [2.75, 3.05) is 33.3 Å². The van der Waals surface area contributed by atoms with E-state index in [2.05, 4.69) is 9.88 Å². The van der Waals surface area contributed by atoms with E-state index in [9.17, 15) is 18.0 Å². The van der Waals surface area contributed by atoms with Gasteiger partial charge in [0.05, 0.1) is 11.1 Å². The molecule has 0 radical (unpaired) electrons. The summed E-state index contributed by atoms with van der Waals surface area (Å²) < 4.78 is 46.2. The highest BCUT2D eigenvalue weighted by molar-refractivity contribution is 6.06. The second-order valence-electron chi connectivity index (χ2n) is 6.76. The predicted molar refractivity (Wildman–Crippen MR) is 98.5 cm³/mol. The van der Waals surface area contributed by atoms with Crippen molar-refractivity contribution in [1.29, 1.82) is 5.41 Å². The van der Waals surface area contributed by atoms with Crippen molar-refractivity contribution in [3.05, 3.63) is 29.5 Å². The van der Waals surface area contributed by atoms with E-state index >= 15 is 0 Å². The molecular weight excluding hydrogens is 375 g/mol. The molecular formula is C18H22F3N5O2. The molecule has 2 heterocycles. The number of halogens is 3. The largest absolute Gasteiger partial charge is 0.492 e. The smallest absolute Gasteiger partial charge is 0.417 e. The number of carbonyl (C=O) groups is 1. The zero-order valence-corrected chi connectivity index (χ0v) is 15.4. The van der Waals surface area contributed by atoms with Crippen molar-refractivity contribution >= 4 is 22.8 Å². The number of aromatic amines is 1. The predicted octanol–water partition coefficient (Wildman–Crippen LogP) is 2.63. The van der Waals surface area contributed by atoms with E-state index < -0.39 is 23.6 Å². The standard InChI is InChI=1S/C18H22F3N5O2/c1-25(17(22)23)16(27)15-10-12-13(18(19,20)21)8-11(9-14(12)24-15)28-7-6-26-4-2-3-5-26/h8-10,24H,2-7H2,1H3,(H3,22,23). The maximum Gasteiger partial charge on any atom is 0.417 e. The van der Waals surface area contributed by atoms with E-state index in [4.69, 9.17) is 15.9 Å². The summed E-state index contributed by atoms with van der Waals surface area (Å²) in [5.74, 6) is -1.13. The van der Waals surface area contributed by atoms with Gasteiger partial charge in [0.15, 0.2) is 5.96 Å². The Balaban J connectivity index is 1.89. The van der Waals surface area contributed by atoms with Gasteiger partial charge in [-0.25, -0.2) is 0 Å². The van der Waals surface area contributed by atoms with Crippen molar-refractivity contribution < 1.29 is 22.7 Å². The van der Waals surface area contributed by atoms with Gasteiger partial charge in [0.25, 0.3) is 5.91 Å². The number of benzene rings is 1. The van der Waals surface area contributed by atoms with Crippen molar-refractivity contribution in [3.8, 4) is 5.75 Å². The van der Waals surface area contributed by atoms with Gasteiger partial charge < -0.3 is 15.5 Å². The molecule has 0 atom stereocenters. The molecule has 1 fully saturated rings. The van der Waals surface area contributed by atoms with E-state index in [-0.39, 0.29) is 29.0 Å². The van der Waals surface area contributed by atoms with Gasteiger partial charge in [0.1, 0.15) is 18.1 Å². The molecule has 152 valence electrons. The van der Waals surface area contributed by atoms with Gasteiger partial charge in [-0.3, -0.25) is 20.0 Å². The van der Waals surface area contributed by atoms with Gasteiger partial charge in [-0.15, -0.1) is 0 Å². The molecule has 1 amide bonds. The molecule has 1 aliphatic rings. The van der Waals surface area contributed by atoms with Crippen LogP contribution in [0.15, 0.2) is 18.2 Å². The Labute approximate surface area is 159 Å². The molecule has 2 aromatic rings. The Bertz CT molecular complexity index is 887. The van der Waals surface area contributed by atoms with Crippen molar-refractivity contribution in [1.82, 2.24) is 14.8 Å². The molecule has 7 nitrogen and oxygen atoms in total. The SMILES string of the molecule is CN(C(=N)N)C(=O)c1cc2c(C(F)(F)F)cc(OCCN3CCCC3)cc2[nH]1. The van der Waals surface area contributed by atoms with Crippen LogP contribution in [0.3, 0.4) is 0 Å². The third kappa shape index (κ3) is 4.22. The molecule has 0 aliphatic carbocycles. The van der Waals surface area contributed by atoms with Gasteiger partial charge in [0.2, 0.25) is 0 Å². The van der Waals surface area contributed by atoms with Crippen LogP contribution < -0.4 is 10.5 Å². The minimum Gasteiger partial charge on any atom is -0.492 e. The Kier molecular flexibility index (Phi) is 5.50. The number of carbonyl (C=O) groups excluding carboxylic acids is 1. The monoisotopic (exact) mass is 397 g/mol. The van der Waals surface area contributed by atoms with Crippen LogP contribution in [0.2, 0.25) is 0 Å². The first-order valence-corrected chi connectivity index (χ1v) is 8.88. The topological polar surface area (TPSA) is 98.4 Å². The third-order valence-corrected chi connectivity index (χ3v) is 4.79. The Hall–Kier alpha value is -2.75. The lowest BCUT2D eigenvalue weighted by Crippen LogP contribution is -2.38. The first kappa shape index (κ1) is 20.0. The summed E-state index contributed by atoms with van der Waals surface area (Å²) in [6.07, 6.45) is -2.36. The van der Waals surface area contributed by atoms with Crippen LogP contribution in [-0.2, 0) is 6.18 Å². The molecule has 0 bridgehead atoms. The highest BCUT2D eigenvalue weighted by Gasteiger charge is 2.34. The number of H-pyrrole nitrogens is 1. The molecule has 0 unspecified atom stereocenters. The number of hydrogen-bond donors (Lipinski definition) is 3. The summed E-state index contributed by atoms with van der Waals surface area (Å²) in [7, 11) is 1.27. The number of amides is 1. The number of nitrogens with two attached hydrogens (primary N) is 1. The number of ether oxygens (including phenoxy) is 1. The molecule has 0 saturated carbocycles. The first-order chi connectivity index (χ1) is 13.2. The van der Waals surface area contributed by atoms with Gasteiger partial charge in [-0.05, 0) is 38.1 Å². The zero-order chi connectivity index (χ0) is 20.5. The molecule has 3 rings (SSSR count). The number of alkyl halides is 3. The highest BCUT2D eigenvalue weighted by atomic mass is 19.4. The fourth-order valence-electron chi connectivity index (χ4n) is 3.23. The number of guanidine groups is 1. The molecule has 1 aliphatic heterocycles. The van der Waals surface area contributed by atoms with E-state index in [0.717, 1.165) is 43.0 Å². The van der Waals surface area contributed by atoms with Crippen molar-refractivity contribution in [3.63, 3.8) is 0 Å². The van der Waals surface area contributed by atoms with Crippen LogP contribution in [0.25, 0.3) is 10.9 Å². The molecule has 1 saturated heterocycles. The minimum atomic E-state index is -4.61. The summed E-state index contributed by atoms with van der Waals surface area (Å²) in [5.41, 5.74) is 4.42. The normalized spacial score (nSPS) is 15.1. The molecule has 28 heavy (non-hydrogen) atoms. The summed E-state index contributed by atoms with van der Waals surface area (Å²) in [6, 6.07) is 3.51. The fourth-order valence-corrected chi connectivity index (χ4v) is 3.23. The quantitative estimate of drug-likeness (QED) is 0.534. The molecule has 0 spiro atoms. The summed E-state index contributed by atoms with van der Waals surface area (Å²) in [6.45, 7) is 2.88. The number of nitrogens with zero attached hydrogens (tertiary/aromatic N) is 2. The van der Waals surface area contributed by atoms with Gasteiger partial charge in [-0.1, -0.05) is 0 Å². The van der Waals surface area contributed by atoms with Gasteiger partial charge in [-0.2, -0.15) is 13.2 Å². The Morgan fingerprint density at radius 3 is 2.61 bits per heavy atom. The second kappa shape index (κ2) is 7.70. The number of rotatable bonds is 5. The second-order valence-corrected chi connectivity index (χ2v) is 6.76. The molecule has 4 N–H and O–H groups in total. The molecule has 1 aromatic heterocycles. The molecule has 10 heteroatoms. The van der Waals surface area contributed by atoms with Gasteiger partial charge >= 0.3 is 6.18 Å². The van der Waals surface area contributed by atoms with E-state index in [1.807, 2.05) is 0 Å². The van der Waals surface area contributed by atoms with Crippen LogP contribution in [0.1, 0.15) is 28.9 Å². The lowest BCUT2D eigenvalue weighted by Gasteiger charge is -2.16. The number of hydrogen-bond acceptors (Lipinski definition) is 4. The van der Waals surface area contributed by atoms with Crippen molar-refractivity contribution in [2.24, 2.45) is 5.73 Å². The third-order valence-electron chi connectivity index (χ3n) is 4.79. The van der Waals surface area contributed by atoms with Crippen LogP contribution >= 0.6 is 0 Å². The van der Waals surface area contributed by atoms with Crippen LogP contribution in [0, 0.1) is 5.41 Å². The lowest BCUT2D eigenvalue weighted by molar-refractivity contribution is -0.136. The van der Waals surface area contributed by atoms with Gasteiger partial charge in [0, 0.05) is 25.0 Å². The average Bonchev–Trinajstić information content (AvgIpc) is 3.28. The van der Waals surface area contributed by atoms with Crippen molar-refractivity contribution in [2.45, 2.75) is 19.0 Å². The first-order valence-electron chi connectivity index (χ1n) is 8.88. The summed E-state index contributed by atoms with van der Waals surface area (Å²) in [4.78, 5) is 18.0. The average molecular weight is 397 g/mol. The van der Waals surface area contributed by atoms with Crippen LogP contribution in [0.5, 0.6) is 5.75 Å². The summed E-state index contributed by atoms with van der Waals surface area (Å²) in [5, 5.41) is 7.16. The van der Waals surface area contributed by atoms with E-state index in [1.165, 1.54) is 13.1 Å². The fraction of sp³-hybridized carbons (Fsp3) is 0.444. The van der Waals surface area contributed by atoms with Crippen LogP contribution in [-0.4, -0.2) is 59.9 Å². The maximum absolute atomic E-state index is 13.5. The number of likely N-dealkylation sites (tertiary alicyclic amines) is 1. The maximum atomic E-state index is 13.5. The minimum absolute atomic E-state index is 0.0831. The number of fused-ring (bicyclic) bond motifs is 1. The van der Waals surface area contributed by atoms with E-state index in [0.29, 0.717) is 6.54 Å². The lowest BCUT2D eigenvalue weighted by atomic mass is 10.1. The summed E-state index contributed by atoms with van der Waals surface area (Å²) >= 11 is 0. The van der Waals surface area contributed by atoms with Crippen LogP contribution in [0.4, 0.5) is 13.2 Å². The Morgan fingerprint density at radius 1 is 1.32 bits per heavy atom. The molecule has 1 aromatic carbocycles. The zero-order valence-electron chi connectivity index (χ0n) is 15.4. The number of aromatic nitrogens is 1.